The third kappa shape index (κ3) is 7.62. The molecule has 4 heteroatoms. The number of hydrogen-bond acceptors (Lipinski definition) is 3. The number of likely N-dealkylation sites (tertiary alicyclic amines) is 1. The molecule has 2 aromatic carbocycles. The number of nitrogens with one attached hydrogen (secondary N) is 1. The molecule has 0 amide bonds. The molecule has 162 valence electrons. The molecule has 3 rings (SSSR count). The van der Waals surface area contributed by atoms with Gasteiger partial charge < -0.3 is 10.2 Å². The predicted octanol–water partition coefficient (Wildman–Crippen LogP) is 5.76. The summed E-state index contributed by atoms with van der Waals surface area (Å²) in [6, 6.07) is 16.1. The summed E-state index contributed by atoms with van der Waals surface area (Å²) < 4.78 is 0. The quantitative estimate of drug-likeness (QED) is 0.596. The summed E-state index contributed by atoms with van der Waals surface area (Å²) in [5.41, 5.74) is 4.47. The van der Waals surface area contributed by atoms with Crippen LogP contribution in [-0.4, -0.2) is 37.4 Å². The van der Waals surface area contributed by atoms with Gasteiger partial charge in [0.05, 0.1) is 0 Å². The maximum absolute atomic E-state index is 11.3. The molecule has 0 bridgehead atoms. The van der Waals surface area contributed by atoms with Crippen LogP contribution in [0, 0.1) is 12.8 Å². The first kappa shape index (κ1) is 24.2. The molecule has 0 aromatic heterocycles. The minimum Gasteiger partial charge on any atom is -0.393 e. The number of carbonyl (C=O) groups excluding carboxylic acids is 1. The second-order valence-corrected chi connectivity index (χ2v) is 8.38. The number of carbonyl (C=O) groups is 1. The van der Waals surface area contributed by atoms with E-state index in [1.807, 2.05) is 12.1 Å². The molecule has 1 heterocycles. The van der Waals surface area contributed by atoms with Gasteiger partial charge in [-0.15, -0.1) is 0 Å². The average molecular weight is 427 g/mol. The average Bonchev–Trinajstić information content (AvgIpc) is 2.74. The molecule has 0 saturated carbocycles. The lowest BCUT2D eigenvalue weighted by Crippen LogP contribution is -2.36. The van der Waals surface area contributed by atoms with Gasteiger partial charge in [0.25, 0.3) is 0 Å². The van der Waals surface area contributed by atoms with E-state index in [9.17, 15) is 4.79 Å². The van der Waals surface area contributed by atoms with Crippen LogP contribution in [0.15, 0.2) is 54.7 Å². The molecule has 1 unspecified atom stereocenters. The number of rotatable bonds is 6. The van der Waals surface area contributed by atoms with Crippen LogP contribution in [0.3, 0.4) is 0 Å². The first-order valence-electron chi connectivity index (χ1n) is 10.9. The van der Waals surface area contributed by atoms with E-state index in [1.165, 1.54) is 51.4 Å². The van der Waals surface area contributed by atoms with Gasteiger partial charge in [-0.1, -0.05) is 54.9 Å². The van der Waals surface area contributed by atoms with Crippen LogP contribution in [0.25, 0.3) is 5.57 Å². The van der Waals surface area contributed by atoms with Gasteiger partial charge in [0.1, 0.15) is 0 Å². The number of aryl methyl sites for hydroxylation is 1. The van der Waals surface area contributed by atoms with E-state index in [2.05, 4.69) is 48.3 Å². The molecule has 1 N–H and O–H groups in total. The number of Topliss-reactive ketones (excluding diaryl/α,β-unsaturated/α-hetero) is 1. The summed E-state index contributed by atoms with van der Waals surface area (Å²) in [7, 11) is 1.76. The normalized spacial score (nSPS) is 17.1. The molecule has 0 aliphatic carbocycles. The standard InChI is InChI=1S/C15H23N.C11H12ClNO/c1-3-16-10-6-8-14(12-16)11-15-9-5-4-7-13(15)2;1-8(14)11(7-13-2)9-4-3-5-10(12)6-9/h4-5,7,9,14H,3,6,8,10-12H2,1-2H3;3-7,13H,1-2H3/b;11-7-. The van der Waals surface area contributed by atoms with Gasteiger partial charge in [-0.2, -0.15) is 0 Å². The Morgan fingerprint density at radius 3 is 2.63 bits per heavy atom. The zero-order valence-electron chi connectivity index (χ0n) is 18.7. The molecule has 0 radical (unpaired) electrons. The Bertz CT molecular complexity index is 846. The van der Waals surface area contributed by atoms with Gasteiger partial charge in [0.2, 0.25) is 0 Å². The molecule has 1 atom stereocenters. The first-order chi connectivity index (χ1) is 14.4. The monoisotopic (exact) mass is 426 g/mol. The smallest absolute Gasteiger partial charge is 0.161 e. The van der Waals surface area contributed by atoms with Crippen LogP contribution in [0.4, 0.5) is 0 Å². The highest BCUT2D eigenvalue weighted by Crippen LogP contribution is 2.22. The summed E-state index contributed by atoms with van der Waals surface area (Å²) in [4.78, 5) is 13.9. The van der Waals surface area contributed by atoms with Crippen molar-refractivity contribution in [3.05, 3.63) is 76.4 Å². The van der Waals surface area contributed by atoms with Gasteiger partial charge in [0, 0.05) is 30.4 Å². The maximum atomic E-state index is 11.3. The number of piperidine rings is 1. The summed E-state index contributed by atoms with van der Waals surface area (Å²) in [5, 5.41) is 3.47. The third-order valence-electron chi connectivity index (χ3n) is 5.62. The zero-order chi connectivity index (χ0) is 21.9. The second-order valence-electron chi connectivity index (χ2n) is 7.95. The van der Waals surface area contributed by atoms with E-state index in [0.29, 0.717) is 10.6 Å². The van der Waals surface area contributed by atoms with Crippen molar-refractivity contribution < 1.29 is 4.79 Å². The van der Waals surface area contributed by atoms with Crippen molar-refractivity contribution in [2.45, 2.75) is 40.0 Å². The highest BCUT2D eigenvalue weighted by atomic mass is 35.5. The van der Waals surface area contributed by atoms with Crippen molar-refractivity contribution in [3.63, 3.8) is 0 Å². The van der Waals surface area contributed by atoms with E-state index in [1.54, 1.807) is 30.9 Å². The lowest BCUT2D eigenvalue weighted by atomic mass is 9.90. The Hall–Kier alpha value is -2.10. The number of ketones is 1. The summed E-state index contributed by atoms with van der Waals surface area (Å²) in [6.07, 6.45) is 5.73. The fourth-order valence-electron chi connectivity index (χ4n) is 3.94. The minimum absolute atomic E-state index is 0.0154. The van der Waals surface area contributed by atoms with E-state index in [0.717, 1.165) is 11.5 Å². The van der Waals surface area contributed by atoms with Crippen LogP contribution in [-0.2, 0) is 11.2 Å². The van der Waals surface area contributed by atoms with Crippen molar-refractivity contribution in [1.82, 2.24) is 10.2 Å². The number of hydrogen-bond donors (Lipinski definition) is 1. The number of allylic oxidation sites excluding steroid dienone is 1. The van der Waals surface area contributed by atoms with Crippen LogP contribution < -0.4 is 5.32 Å². The largest absolute Gasteiger partial charge is 0.393 e. The van der Waals surface area contributed by atoms with Crippen LogP contribution in [0.2, 0.25) is 5.02 Å². The van der Waals surface area contributed by atoms with Crippen LogP contribution >= 0.6 is 11.6 Å². The van der Waals surface area contributed by atoms with Gasteiger partial charge in [-0.05, 0) is 80.9 Å². The Balaban J connectivity index is 0.000000216. The third-order valence-corrected chi connectivity index (χ3v) is 5.86. The van der Waals surface area contributed by atoms with E-state index < -0.39 is 0 Å². The van der Waals surface area contributed by atoms with Gasteiger partial charge in [0.15, 0.2) is 5.78 Å². The minimum atomic E-state index is 0.0154. The molecule has 1 saturated heterocycles. The molecule has 30 heavy (non-hydrogen) atoms. The van der Waals surface area contributed by atoms with Gasteiger partial charge >= 0.3 is 0 Å². The van der Waals surface area contributed by atoms with Gasteiger partial charge in [-0.3, -0.25) is 4.79 Å². The Morgan fingerprint density at radius 2 is 2.00 bits per heavy atom. The fourth-order valence-corrected chi connectivity index (χ4v) is 4.13. The van der Waals surface area contributed by atoms with E-state index >= 15 is 0 Å². The Kier molecular flexibility index (Phi) is 10.1. The van der Waals surface area contributed by atoms with E-state index in [-0.39, 0.29) is 5.78 Å². The molecule has 1 fully saturated rings. The van der Waals surface area contributed by atoms with Crippen molar-refractivity contribution in [1.29, 1.82) is 0 Å². The lowest BCUT2D eigenvalue weighted by molar-refractivity contribution is -0.111. The van der Waals surface area contributed by atoms with Crippen molar-refractivity contribution in [2.75, 3.05) is 26.7 Å². The predicted molar refractivity (Wildman–Crippen MR) is 129 cm³/mol. The van der Waals surface area contributed by atoms with Crippen molar-refractivity contribution >= 4 is 23.0 Å². The zero-order valence-corrected chi connectivity index (χ0v) is 19.5. The molecule has 1 aliphatic rings. The number of benzene rings is 2. The molecular formula is C26H35ClN2O. The highest BCUT2D eigenvalue weighted by Gasteiger charge is 2.19. The van der Waals surface area contributed by atoms with Crippen LogP contribution in [0.5, 0.6) is 0 Å². The van der Waals surface area contributed by atoms with Gasteiger partial charge in [-0.25, -0.2) is 0 Å². The summed E-state index contributed by atoms with van der Waals surface area (Å²) >= 11 is 5.83. The topological polar surface area (TPSA) is 32.3 Å². The summed E-state index contributed by atoms with van der Waals surface area (Å²) in [5.74, 6) is 0.886. The maximum Gasteiger partial charge on any atom is 0.161 e. The molecule has 0 spiro atoms. The first-order valence-corrected chi connectivity index (χ1v) is 11.2. The van der Waals surface area contributed by atoms with Crippen molar-refractivity contribution in [2.24, 2.45) is 5.92 Å². The lowest BCUT2D eigenvalue weighted by Gasteiger charge is -2.32. The second kappa shape index (κ2) is 12.6. The highest BCUT2D eigenvalue weighted by molar-refractivity contribution is 6.31. The molecule has 1 aliphatic heterocycles. The fraction of sp³-hybridized carbons (Fsp3) is 0.423. The molecular weight excluding hydrogens is 392 g/mol. The SMILES string of the molecule is CCN1CCCC(Cc2ccccc2C)C1.CN/C=C(/C(C)=O)c1cccc(Cl)c1. The Morgan fingerprint density at radius 1 is 1.23 bits per heavy atom. The summed E-state index contributed by atoms with van der Waals surface area (Å²) in [6.45, 7) is 9.85. The number of nitrogens with zero attached hydrogens (tertiary/aromatic N) is 1. The Labute approximate surface area is 187 Å². The van der Waals surface area contributed by atoms with E-state index in [4.69, 9.17) is 11.6 Å². The van der Waals surface area contributed by atoms with Crippen molar-refractivity contribution in [3.8, 4) is 0 Å². The number of halogens is 1. The molecule has 3 nitrogen and oxygen atoms in total. The molecule has 2 aromatic rings. The van der Waals surface area contributed by atoms with Crippen LogP contribution in [0.1, 0.15) is 43.4 Å².